The minimum atomic E-state index is 0. The summed E-state index contributed by atoms with van der Waals surface area (Å²) in [4.78, 5) is 2.45. The summed E-state index contributed by atoms with van der Waals surface area (Å²) in [6, 6.07) is 22.7. The van der Waals surface area contributed by atoms with Crippen molar-refractivity contribution in [3.8, 4) is 0 Å². The Kier molecular flexibility index (Phi) is 19.3. The number of aliphatic hydroxyl groups is 1. The standard InChI is InChI=1S/C14H19N.C13H19N.CH4O.CH3.Pd.H2/c1-15-12-6-5-9-14(15)11-10-13-7-3-2-4-8-13;1-2-6-12(7-3-1)9-10-13-8-4-5-11-14-13;1-2;;;/h2-4,7-8,10-11,14H,5-6,9,12H2,1H3;1-3,6-7,13-14H,4-5,8-11H2;2H,1H3;1H3;;1H/q;;;-1;;. The van der Waals surface area contributed by atoms with Gasteiger partial charge in [-0.1, -0.05) is 85.7 Å². The van der Waals surface area contributed by atoms with E-state index in [0.29, 0.717) is 6.04 Å². The van der Waals surface area contributed by atoms with Crippen LogP contribution in [0.1, 0.15) is 57.5 Å². The van der Waals surface area contributed by atoms with Crippen LogP contribution in [0.3, 0.4) is 0 Å². The van der Waals surface area contributed by atoms with Crippen LogP contribution in [0, 0.1) is 7.43 Å². The van der Waals surface area contributed by atoms with Crippen LogP contribution in [0.5, 0.6) is 0 Å². The third-order valence-electron chi connectivity index (χ3n) is 6.17. The van der Waals surface area contributed by atoms with E-state index in [0.717, 1.165) is 13.2 Å². The molecule has 33 heavy (non-hydrogen) atoms. The second-order valence-corrected chi connectivity index (χ2v) is 8.48. The molecule has 0 amide bonds. The molecule has 0 aromatic heterocycles. The first-order chi connectivity index (χ1) is 15.3. The monoisotopic (exact) mass is 545 g/mol. The molecule has 190 valence electrons. The fourth-order valence-electron chi connectivity index (χ4n) is 4.29. The quantitative estimate of drug-likeness (QED) is 0.344. The Morgan fingerprint density at radius 1 is 0.939 bits per heavy atom. The van der Waals surface area contributed by atoms with E-state index in [2.05, 4.69) is 90.1 Å². The molecule has 2 aliphatic heterocycles. The topological polar surface area (TPSA) is 35.5 Å². The Balaban J connectivity index is 0. The fraction of sp³-hybridized carbons (Fsp3) is 0.483. The zero-order chi connectivity index (χ0) is 22.2. The molecule has 2 aromatic rings. The van der Waals surface area contributed by atoms with Crippen LogP contribution in [-0.4, -0.2) is 49.3 Å². The average molecular weight is 546 g/mol. The average Bonchev–Trinajstić information content (AvgIpc) is 2.86. The van der Waals surface area contributed by atoms with Crippen LogP contribution in [0.2, 0.25) is 0 Å². The number of aryl methyl sites for hydroxylation is 1. The first-order valence-corrected chi connectivity index (χ1v) is 12.0. The SMILES string of the molecule is CN1CCCCC1C=Cc1ccccc1.CO.[CH3-].[HH].[Pd].c1ccc(CCC2CCCCN2)cc1. The molecule has 2 N–H and O–H groups in total. The van der Waals surface area contributed by atoms with Crippen LogP contribution in [0.15, 0.2) is 66.7 Å². The summed E-state index contributed by atoms with van der Waals surface area (Å²) in [5.74, 6) is 0. The third-order valence-corrected chi connectivity index (χ3v) is 6.17. The van der Waals surface area contributed by atoms with Gasteiger partial charge in [-0.15, -0.1) is 0 Å². The molecule has 2 heterocycles. The minimum Gasteiger partial charge on any atom is -0.400 e. The number of hydrogen-bond donors (Lipinski definition) is 2. The van der Waals surface area contributed by atoms with E-state index >= 15 is 0 Å². The van der Waals surface area contributed by atoms with Gasteiger partial charge in [0.2, 0.25) is 0 Å². The van der Waals surface area contributed by atoms with Crippen LogP contribution in [-0.2, 0) is 26.8 Å². The van der Waals surface area contributed by atoms with E-state index in [4.69, 9.17) is 5.11 Å². The predicted molar refractivity (Wildman–Crippen MR) is 143 cm³/mol. The second kappa shape index (κ2) is 20.1. The third kappa shape index (κ3) is 13.3. The van der Waals surface area contributed by atoms with E-state index < -0.39 is 0 Å². The molecule has 2 atom stereocenters. The zero-order valence-electron chi connectivity index (χ0n) is 20.9. The van der Waals surface area contributed by atoms with Gasteiger partial charge in [0.15, 0.2) is 0 Å². The van der Waals surface area contributed by atoms with Crippen molar-refractivity contribution in [3.05, 3.63) is 85.3 Å². The minimum absolute atomic E-state index is 0. The van der Waals surface area contributed by atoms with Gasteiger partial charge in [-0.3, -0.25) is 4.90 Å². The Bertz CT molecular complexity index is 709. The molecular formula is C29H47N2OPd-. The van der Waals surface area contributed by atoms with Crippen molar-refractivity contribution in [3.63, 3.8) is 0 Å². The molecule has 2 saturated heterocycles. The molecule has 0 bridgehead atoms. The fourth-order valence-corrected chi connectivity index (χ4v) is 4.29. The van der Waals surface area contributed by atoms with Crippen molar-refractivity contribution in [2.24, 2.45) is 0 Å². The molecule has 0 radical (unpaired) electrons. The van der Waals surface area contributed by atoms with Crippen molar-refractivity contribution in [1.29, 1.82) is 0 Å². The van der Waals surface area contributed by atoms with E-state index in [1.807, 2.05) is 0 Å². The summed E-state index contributed by atoms with van der Waals surface area (Å²) >= 11 is 0. The molecule has 2 aliphatic rings. The number of likely N-dealkylation sites (N-methyl/N-ethyl adjacent to an activating group) is 1. The molecular weight excluding hydrogens is 499 g/mol. The van der Waals surface area contributed by atoms with E-state index in [1.54, 1.807) is 0 Å². The zero-order valence-corrected chi connectivity index (χ0v) is 22.4. The summed E-state index contributed by atoms with van der Waals surface area (Å²) < 4.78 is 0. The predicted octanol–water partition coefficient (Wildman–Crippen LogP) is 6.25. The van der Waals surface area contributed by atoms with E-state index in [-0.39, 0.29) is 29.3 Å². The number of benzene rings is 2. The first kappa shape index (κ1) is 31.7. The number of aliphatic hydroxyl groups excluding tert-OH is 1. The van der Waals surface area contributed by atoms with Gasteiger partial charge >= 0.3 is 0 Å². The normalized spacial score (nSPS) is 20.2. The van der Waals surface area contributed by atoms with Crippen molar-refractivity contribution in [2.45, 2.75) is 63.5 Å². The summed E-state index contributed by atoms with van der Waals surface area (Å²) in [5, 5.41) is 10.6. The van der Waals surface area contributed by atoms with Crippen LogP contribution in [0.25, 0.3) is 6.08 Å². The number of rotatable bonds is 5. The van der Waals surface area contributed by atoms with Crippen molar-refractivity contribution in [2.75, 3.05) is 27.2 Å². The molecule has 4 heteroatoms. The molecule has 2 fully saturated rings. The van der Waals surface area contributed by atoms with Crippen LogP contribution >= 0.6 is 0 Å². The molecule has 2 unspecified atom stereocenters. The van der Waals surface area contributed by atoms with Gasteiger partial charge in [0.1, 0.15) is 0 Å². The van der Waals surface area contributed by atoms with Crippen LogP contribution < -0.4 is 5.32 Å². The largest absolute Gasteiger partial charge is 0.400 e. The van der Waals surface area contributed by atoms with Gasteiger partial charge in [-0.05, 0) is 69.8 Å². The molecule has 0 saturated carbocycles. The van der Waals surface area contributed by atoms with Gasteiger partial charge in [-0.25, -0.2) is 0 Å². The van der Waals surface area contributed by atoms with Crippen molar-refractivity contribution < 1.29 is 27.0 Å². The van der Waals surface area contributed by atoms with Gasteiger partial charge in [0, 0.05) is 41.0 Å². The Hall–Kier alpha value is -1.28. The summed E-state index contributed by atoms with van der Waals surface area (Å²) in [7, 11) is 3.22. The maximum absolute atomic E-state index is 7.00. The number of hydrogen-bond acceptors (Lipinski definition) is 3. The van der Waals surface area contributed by atoms with Crippen molar-refractivity contribution in [1.82, 2.24) is 10.2 Å². The van der Waals surface area contributed by atoms with Gasteiger partial charge in [0.25, 0.3) is 0 Å². The van der Waals surface area contributed by atoms with Gasteiger partial charge < -0.3 is 17.8 Å². The second-order valence-electron chi connectivity index (χ2n) is 8.48. The van der Waals surface area contributed by atoms with Crippen molar-refractivity contribution >= 4 is 6.08 Å². The summed E-state index contributed by atoms with van der Waals surface area (Å²) in [5.41, 5.74) is 2.77. The van der Waals surface area contributed by atoms with Gasteiger partial charge in [-0.2, -0.15) is 0 Å². The Labute approximate surface area is 218 Å². The molecule has 0 aliphatic carbocycles. The Morgan fingerprint density at radius 2 is 1.58 bits per heavy atom. The van der Waals surface area contributed by atoms with E-state index in [9.17, 15) is 0 Å². The maximum atomic E-state index is 7.00. The van der Waals surface area contributed by atoms with Gasteiger partial charge in [0.05, 0.1) is 0 Å². The number of nitrogens with one attached hydrogen (secondary N) is 1. The van der Waals surface area contributed by atoms with Crippen LogP contribution in [0.4, 0.5) is 0 Å². The number of likely N-dealkylation sites (tertiary alicyclic amines) is 1. The molecule has 0 spiro atoms. The smallest absolute Gasteiger partial charge is 0.0319 e. The maximum Gasteiger partial charge on any atom is 0.0319 e. The summed E-state index contributed by atoms with van der Waals surface area (Å²) in [6.45, 7) is 2.46. The number of nitrogens with zero attached hydrogens (tertiary/aromatic N) is 1. The Morgan fingerprint density at radius 3 is 2.18 bits per heavy atom. The first-order valence-electron chi connectivity index (χ1n) is 12.0. The summed E-state index contributed by atoms with van der Waals surface area (Å²) in [6.07, 6.45) is 15.3. The molecule has 3 nitrogen and oxygen atoms in total. The molecule has 2 aromatic carbocycles. The molecule has 4 rings (SSSR count). The van der Waals surface area contributed by atoms with E-state index in [1.165, 1.54) is 75.6 Å². The number of piperidine rings is 2.